The normalized spacial score (nSPS) is 9.96. The van der Waals surface area contributed by atoms with Gasteiger partial charge in [0.1, 0.15) is 17.2 Å². The van der Waals surface area contributed by atoms with Gasteiger partial charge in [-0.1, -0.05) is 6.07 Å². The molecule has 0 spiro atoms. The highest BCUT2D eigenvalue weighted by molar-refractivity contribution is 5.95. The molecule has 0 fully saturated rings. The van der Waals surface area contributed by atoms with Crippen LogP contribution in [0.4, 0.5) is 0 Å². The highest BCUT2D eigenvalue weighted by atomic mass is 16.5. The third-order valence-corrected chi connectivity index (χ3v) is 3.64. The first kappa shape index (κ1) is 19.1. The molecule has 0 bridgehead atoms. The Kier molecular flexibility index (Phi) is 6.84. The van der Waals surface area contributed by atoms with Crippen LogP contribution in [0, 0.1) is 0 Å². The van der Waals surface area contributed by atoms with Gasteiger partial charge in [-0.3, -0.25) is 9.59 Å². The van der Waals surface area contributed by atoms with Crippen molar-refractivity contribution in [2.75, 3.05) is 34.4 Å². The van der Waals surface area contributed by atoms with Gasteiger partial charge in [0.25, 0.3) is 11.8 Å². The van der Waals surface area contributed by atoms with E-state index in [4.69, 9.17) is 14.2 Å². The van der Waals surface area contributed by atoms with E-state index in [9.17, 15) is 9.59 Å². The molecule has 0 unspecified atom stereocenters. The van der Waals surface area contributed by atoms with Crippen LogP contribution in [-0.2, 0) is 0 Å². The summed E-state index contributed by atoms with van der Waals surface area (Å²) in [5, 5.41) is 5.49. The zero-order valence-corrected chi connectivity index (χ0v) is 15.0. The van der Waals surface area contributed by atoms with Crippen LogP contribution in [0.25, 0.3) is 0 Å². The Labute approximate surface area is 152 Å². The summed E-state index contributed by atoms with van der Waals surface area (Å²) < 4.78 is 15.4. The molecule has 7 nitrogen and oxygen atoms in total. The largest absolute Gasteiger partial charge is 0.497 e. The summed E-state index contributed by atoms with van der Waals surface area (Å²) in [5.74, 6) is 1.15. The van der Waals surface area contributed by atoms with Gasteiger partial charge in [0.2, 0.25) is 0 Å². The van der Waals surface area contributed by atoms with Gasteiger partial charge in [-0.25, -0.2) is 0 Å². The Morgan fingerprint density at radius 1 is 0.731 bits per heavy atom. The molecule has 0 aliphatic carbocycles. The minimum absolute atomic E-state index is 0.235. The van der Waals surface area contributed by atoms with Crippen molar-refractivity contribution in [3.63, 3.8) is 0 Å². The molecule has 0 aromatic heterocycles. The van der Waals surface area contributed by atoms with Gasteiger partial charge in [0, 0.05) is 30.3 Å². The monoisotopic (exact) mass is 358 g/mol. The van der Waals surface area contributed by atoms with Gasteiger partial charge in [-0.2, -0.15) is 0 Å². The van der Waals surface area contributed by atoms with Crippen LogP contribution in [-0.4, -0.2) is 46.2 Å². The van der Waals surface area contributed by atoms with Crippen molar-refractivity contribution < 1.29 is 23.8 Å². The first-order valence-corrected chi connectivity index (χ1v) is 8.01. The molecule has 2 rings (SSSR count). The van der Waals surface area contributed by atoms with E-state index in [2.05, 4.69) is 10.6 Å². The molecular weight excluding hydrogens is 336 g/mol. The lowest BCUT2D eigenvalue weighted by Gasteiger charge is -2.10. The van der Waals surface area contributed by atoms with Gasteiger partial charge >= 0.3 is 0 Å². The smallest absolute Gasteiger partial charge is 0.251 e. The van der Waals surface area contributed by atoms with Gasteiger partial charge in [-0.05, 0) is 30.3 Å². The third-order valence-electron chi connectivity index (χ3n) is 3.64. The quantitative estimate of drug-likeness (QED) is 0.704. The summed E-state index contributed by atoms with van der Waals surface area (Å²) in [7, 11) is 4.58. The number of carbonyl (C=O) groups excluding carboxylic acids is 2. The predicted molar refractivity (Wildman–Crippen MR) is 97.2 cm³/mol. The van der Waals surface area contributed by atoms with E-state index < -0.39 is 0 Å². The van der Waals surface area contributed by atoms with Crippen LogP contribution in [0.3, 0.4) is 0 Å². The van der Waals surface area contributed by atoms with Crippen LogP contribution in [0.1, 0.15) is 20.7 Å². The van der Waals surface area contributed by atoms with E-state index in [1.54, 1.807) is 49.6 Å². The fraction of sp³-hybridized carbons (Fsp3) is 0.263. The number of carbonyl (C=O) groups is 2. The number of benzene rings is 2. The van der Waals surface area contributed by atoms with Crippen LogP contribution < -0.4 is 24.8 Å². The van der Waals surface area contributed by atoms with E-state index in [0.717, 1.165) is 0 Å². The highest BCUT2D eigenvalue weighted by Gasteiger charge is 2.10. The topological polar surface area (TPSA) is 85.9 Å². The minimum atomic E-state index is -0.280. The van der Waals surface area contributed by atoms with Crippen LogP contribution in [0.5, 0.6) is 17.2 Å². The second-order valence-electron chi connectivity index (χ2n) is 5.35. The lowest BCUT2D eigenvalue weighted by molar-refractivity contribution is 0.0927. The average Bonchev–Trinajstić information content (AvgIpc) is 2.70. The van der Waals surface area contributed by atoms with E-state index in [-0.39, 0.29) is 18.4 Å². The number of rotatable bonds is 8. The van der Waals surface area contributed by atoms with Crippen molar-refractivity contribution in [1.82, 2.24) is 10.6 Å². The minimum Gasteiger partial charge on any atom is -0.497 e. The van der Waals surface area contributed by atoms with Crippen LogP contribution >= 0.6 is 0 Å². The SMILES string of the molecule is COc1cccc(C(=O)NCCNC(=O)c2cc(OC)cc(OC)c2)c1. The fourth-order valence-corrected chi connectivity index (χ4v) is 2.26. The van der Waals surface area contributed by atoms with Crippen LogP contribution in [0.2, 0.25) is 0 Å². The Morgan fingerprint density at radius 2 is 1.23 bits per heavy atom. The van der Waals surface area contributed by atoms with Crippen molar-refractivity contribution in [3.8, 4) is 17.2 Å². The highest BCUT2D eigenvalue weighted by Crippen LogP contribution is 2.22. The summed E-state index contributed by atoms with van der Waals surface area (Å²) >= 11 is 0. The zero-order chi connectivity index (χ0) is 18.9. The van der Waals surface area contributed by atoms with Crippen molar-refractivity contribution in [1.29, 1.82) is 0 Å². The Morgan fingerprint density at radius 3 is 1.77 bits per heavy atom. The summed E-state index contributed by atoms with van der Waals surface area (Å²) in [6, 6.07) is 11.8. The molecule has 26 heavy (non-hydrogen) atoms. The molecule has 2 aromatic carbocycles. The molecule has 2 amide bonds. The Balaban J connectivity index is 1.85. The number of nitrogens with one attached hydrogen (secondary N) is 2. The first-order chi connectivity index (χ1) is 12.6. The molecule has 0 saturated carbocycles. The zero-order valence-electron chi connectivity index (χ0n) is 15.0. The second kappa shape index (κ2) is 9.31. The maximum Gasteiger partial charge on any atom is 0.251 e. The molecule has 2 aromatic rings. The molecule has 0 saturated heterocycles. The number of methoxy groups -OCH3 is 3. The summed E-state index contributed by atoms with van der Waals surface area (Å²) in [4.78, 5) is 24.3. The number of hydrogen-bond acceptors (Lipinski definition) is 5. The van der Waals surface area contributed by atoms with Crippen molar-refractivity contribution in [2.45, 2.75) is 0 Å². The standard InChI is InChI=1S/C19H22N2O5/c1-24-15-6-4-5-13(9-15)18(22)20-7-8-21-19(23)14-10-16(25-2)12-17(11-14)26-3/h4-6,9-12H,7-8H2,1-3H3,(H,20,22)(H,21,23). The molecular formula is C19H22N2O5. The number of hydrogen-bond donors (Lipinski definition) is 2. The van der Waals surface area contributed by atoms with Crippen LogP contribution in [0.15, 0.2) is 42.5 Å². The van der Waals surface area contributed by atoms with Crippen molar-refractivity contribution in [2.24, 2.45) is 0 Å². The summed E-state index contributed by atoms with van der Waals surface area (Å²) in [5.41, 5.74) is 0.911. The predicted octanol–water partition coefficient (Wildman–Crippen LogP) is 1.87. The third kappa shape index (κ3) is 5.14. The molecule has 0 aliphatic rings. The van der Waals surface area contributed by atoms with E-state index >= 15 is 0 Å². The molecule has 0 radical (unpaired) electrons. The first-order valence-electron chi connectivity index (χ1n) is 8.01. The summed E-state index contributed by atoms with van der Waals surface area (Å²) in [6.45, 7) is 0.580. The lowest BCUT2D eigenvalue weighted by Crippen LogP contribution is -2.34. The van der Waals surface area contributed by atoms with Gasteiger partial charge < -0.3 is 24.8 Å². The van der Waals surface area contributed by atoms with Crippen molar-refractivity contribution in [3.05, 3.63) is 53.6 Å². The maximum absolute atomic E-state index is 12.2. The molecule has 0 atom stereocenters. The van der Waals surface area contributed by atoms with Gasteiger partial charge in [0.05, 0.1) is 21.3 Å². The second-order valence-corrected chi connectivity index (χ2v) is 5.35. The van der Waals surface area contributed by atoms with Crippen molar-refractivity contribution >= 4 is 11.8 Å². The fourth-order valence-electron chi connectivity index (χ4n) is 2.26. The van der Waals surface area contributed by atoms with E-state index in [1.165, 1.54) is 14.2 Å². The average molecular weight is 358 g/mol. The van der Waals surface area contributed by atoms with Gasteiger partial charge in [0.15, 0.2) is 0 Å². The molecule has 0 heterocycles. The molecule has 0 aliphatic heterocycles. The van der Waals surface area contributed by atoms with E-state index in [0.29, 0.717) is 34.9 Å². The molecule has 2 N–H and O–H groups in total. The Bertz CT molecular complexity index is 754. The van der Waals surface area contributed by atoms with E-state index in [1.807, 2.05) is 0 Å². The van der Waals surface area contributed by atoms with Gasteiger partial charge in [-0.15, -0.1) is 0 Å². The summed E-state index contributed by atoms with van der Waals surface area (Å²) in [6.07, 6.45) is 0. The molecule has 138 valence electrons. The Hall–Kier alpha value is -3.22. The molecule has 7 heteroatoms. The maximum atomic E-state index is 12.2. The number of ether oxygens (including phenoxy) is 3. The lowest BCUT2D eigenvalue weighted by atomic mass is 10.2. The number of amides is 2.